The molecule has 1 atom stereocenters. The molecule has 3 aromatic rings. The molecule has 3 aromatic heterocycles. The quantitative estimate of drug-likeness (QED) is 0.707. The molecule has 130 valence electrons. The lowest BCUT2D eigenvalue weighted by molar-refractivity contribution is -0.121. The molecule has 0 saturated carbocycles. The van der Waals surface area contributed by atoms with Gasteiger partial charge in [-0.2, -0.15) is 0 Å². The summed E-state index contributed by atoms with van der Waals surface area (Å²) in [5.41, 5.74) is 2.01. The molecule has 0 bridgehead atoms. The van der Waals surface area contributed by atoms with Crippen LogP contribution >= 0.6 is 11.3 Å². The molecule has 0 aromatic carbocycles. The molecule has 0 aliphatic heterocycles. The minimum atomic E-state index is 0.0447. The number of nitrogens with one attached hydrogen (secondary N) is 1. The van der Waals surface area contributed by atoms with Gasteiger partial charge in [0.05, 0.1) is 5.69 Å². The average Bonchev–Trinajstić information content (AvgIpc) is 3.24. The van der Waals surface area contributed by atoms with Gasteiger partial charge in [0, 0.05) is 61.2 Å². The van der Waals surface area contributed by atoms with Crippen LogP contribution in [0.4, 0.5) is 0 Å². The summed E-state index contributed by atoms with van der Waals surface area (Å²) in [5.74, 6) is 0.967. The Morgan fingerprint density at radius 3 is 3.00 bits per heavy atom. The van der Waals surface area contributed by atoms with E-state index in [1.807, 2.05) is 48.3 Å². The minimum absolute atomic E-state index is 0.0447. The molecule has 1 N–H and O–H groups in total. The van der Waals surface area contributed by atoms with Gasteiger partial charge in [0.2, 0.25) is 5.91 Å². The number of carbonyl (C=O) groups excluding carboxylic acids is 1. The second-order valence-electron chi connectivity index (χ2n) is 5.92. The zero-order chi connectivity index (χ0) is 17.6. The standard InChI is InChI=1S/C18H21N5OS/c1-13(23-9-8-20-14(23)2)10-17(24)21-7-5-16-12-25-18(22-16)15-4-3-6-19-11-15/h3-4,6,8-9,11-13H,5,7,10H2,1-2H3,(H,21,24)/t13-/m1/s1. The van der Waals surface area contributed by atoms with Gasteiger partial charge < -0.3 is 9.88 Å². The van der Waals surface area contributed by atoms with E-state index < -0.39 is 0 Å². The largest absolute Gasteiger partial charge is 0.356 e. The van der Waals surface area contributed by atoms with E-state index in [1.54, 1.807) is 23.7 Å². The van der Waals surface area contributed by atoms with E-state index in [0.29, 0.717) is 13.0 Å². The van der Waals surface area contributed by atoms with Crippen LogP contribution in [-0.2, 0) is 11.2 Å². The van der Waals surface area contributed by atoms with E-state index >= 15 is 0 Å². The first-order valence-electron chi connectivity index (χ1n) is 8.24. The number of amides is 1. The number of imidazole rings is 1. The van der Waals surface area contributed by atoms with Gasteiger partial charge in [0.15, 0.2) is 0 Å². The average molecular weight is 355 g/mol. The Bertz CT molecular complexity index is 827. The third kappa shape index (κ3) is 4.51. The molecular weight excluding hydrogens is 334 g/mol. The van der Waals surface area contributed by atoms with Gasteiger partial charge in [-0.1, -0.05) is 0 Å². The summed E-state index contributed by atoms with van der Waals surface area (Å²) >= 11 is 1.60. The lowest BCUT2D eigenvalue weighted by Crippen LogP contribution is -2.28. The molecule has 0 unspecified atom stereocenters. The molecule has 0 radical (unpaired) electrons. The molecule has 0 aliphatic rings. The molecule has 1 amide bonds. The second-order valence-corrected chi connectivity index (χ2v) is 6.78. The zero-order valence-corrected chi connectivity index (χ0v) is 15.2. The van der Waals surface area contributed by atoms with Crippen LogP contribution in [0, 0.1) is 6.92 Å². The number of nitrogens with zero attached hydrogens (tertiary/aromatic N) is 4. The van der Waals surface area contributed by atoms with Crippen LogP contribution in [0.2, 0.25) is 0 Å². The summed E-state index contributed by atoms with van der Waals surface area (Å²) in [6.07, 6.45) is 8.38. The van der Waals surface area contributed by atoms with Gasteiger partial charge in [-0.05, 0) is 26.0 Å². The number of rotatable bonds is 7. The zero-order valence-electron chi connectivity index (χ0n) is 14.3. The molecule has 7 heteroatoms. The highest BCUT2D eigenvalue weighted by molar-refractivity contribution is 7.13. The van der Waals surface area contributed by atoms with Crippen molar-refractivity contribution in [3.63, 3.8) is 0 Å². The number of pyridine rings is 1. The van der Waals surface area contributed by atoms with Crippen molar-refractivity contribution in [1.82, 2.24) is 24.8 Å². The van der Waals surface area contributed by atoms with Crippen LogP contribution in [0.3, 0.4) is 0 Å². The van der Waals surface area contributed by atoms with Crippen molar-refractivity contribution in [3.8, 4) is 10.6 Å². The molecule has 3 rings (SSSR count). The maximum absolute atomic E-state index is 12.1. The van der Waals surface area contributed by atoms with Gasteiger partial charge in [0.1, 0.15) is 10.8 Å². The first-order chi connectivity index (χ1) is 12.1. The number of hydrogen-bond donors (Lipinski definition) is 1. The summed E-state index contributed by atoms with van der Waals surface area (Å²) in [6.45, 7) is 4.55. The number of carbonyl (C=O) groups is 1. The minimum Gasteiger partial charge on any atom is -0.356 e. The van der Waals surface area contributed by atoms with Gasteiger partial charge in [0.25, 0.3) is 0 Å². The van der Waals surface area contributed by atoms with Gasteiger partial charge in [-0.25, -0.2) is 9.97 Å². The smallest absolute Gasteiger partial charge is 0.222 e. The summed E-state index contributed by atoms with van der Waals surface area (Å²) in [5, 5.41) is 5.96. The first-order valence-corrected chi connectivity index (χ1v) is 9.12. The summed E-state index contributed by atoms with van der Waals surface area (Å²) in [6, 6.07) is 4.00. The molecule has 0 fully saturated rings. The number of thiazole rings is 1. The van der Waals surface area contributed by atoms with E-state index in [4.69, 9.17) is 0 Å². The first kappa shape index (κ1) is 17.3. The van der Waals surface area contributed by atoms with Crippen molar-refractivity contribution in [2.24, 2.45) is 0 Å². The Labute approximate surface area is 151 Å². The molecule has 25 heavy (non-hydrogen) atoms. The van der Waals surface area contributed by atoms with Crippen LogP contribution in [0.5, 0.6) is 0 Å². The third-order valence-corrected chi connectivity index (χ3v) is 4.92. The van der Waals surface area contributed by atoms with E-state index in [-0.39, 0.29) is 11.9 Å². The summed E-state index contributed by atoms with van der Waals surface area (Å²) in [4.78, 5) is 25.0. The van der Waals surface area contributed by atoms with Gasteiger partial charge in [-0.3, -0.25) is 9.78 Å². The third-order valence-electron chi connectivity index (χ3n) is 3.98. The molecule has 0 spiro atoms. The Kier molecular flexibility index (Phi) is 5.55. The predicted octanol–water partition coefficient (Wildman–Crippen LogP) is 3.02. The van der Waals surface area contributed by atoms with Crippen molar-refractivity contribution >= 4 is 17.2 Å². The Morgan fingerprint density at radius 2 is 2.28 bits per heavy atom. The van der Waals surface area contributed by atoms with Gasteiger partial charge in [-0.15, -0.1) is 11.3 Å². The lowest BCUT2D eigenvalue weighted by atomic mass is 10.2. The molecule has 3 heterocycles. The van der Waals surface area contributed by atoms with Crippen LogP contribution in [0.1, 0.15) is 30.9 Å². The van der Waals surface area contributed by atoms with E-state index in [2.05, 4.69) is 20.3 Å². The van der Waals surface area contributed by atoms with E-state index in [9.17, 15) is 4.79 Å². The van der Waals surface area contributed by atoms with Crippen molar-refractivity contribution in [2.45, 2.75) is 32.7 Å². The van der Waals surface area contributed by atoms with E-state index in [0.717, 1.165) is 28.5 Å². The Hall–Kier alpha value is -2.54. The van der Waals surface area contributed by atoms with Crippen LogP contribution in [-0.4, -0.2) is 32.0 Å². The van der Waals surface area contributed by atoms with Gasteiger partial charge >= 0.3 is 0 Å². The fourth-order valence-electron chi connectivity index (χ4n) is 2.67. The van der Waals surface area contributed by atoms with Crippen molar-refractivity contribution in [3.05, 3.63) is 53.8 Å². The molecule has 0 saturated heterocycles. The highest BCUT2D eigenvalue weighted by atomic mass is 32.1. The molecule has 0 aliphatic carbocycles. The second kappa shape index (κ2) is 8.02. The monoisotopic (exact) mass is 355 g/mol. The summed E-state index contributed by atoms with van der Waals surface area (Å²) in [7, 11) is 0. The highest BCUT2D eigenvalue weighted by Crippen LogP contribution is 2.22. The predicted molar refractivity (Wildman–Crippen MR) is 98.4 cm³/mol. The fraction of sp³-hybridized carbons (Fsp3) is 0.333. The van der Waals surface area contributed by atoms with Crippen molar-refractivity contribution in [2.75, 3.05) is 6.54 Å². The van der Waals surface area contributed by atoms with Crippen LogP contribution in [0.15, 0.2) is 42.3 Å². The normalized spacial score (nSPS) is 12.1. The maximum atomic E-state index is 12.1. The number of aryl methyl sites for hydroxylation is 1. The fourth-order valence-corrected chi connectivity index (χ4v) is 3.51. The van der Waals surface area contributed by atoms with Crippen LogP contribution in [0.25, 0.3) is 10.6 Å². The Balaban J connectivity index is 1.46. The number of aromatic nitrogens is 4. The summed E-state index contributed by atoms with van der Waals surface area (Å²) < 4.78 is 2.01. The molecule has 6 nitrogen and oxygen atoms in total. The SMILES string of the molecule is Cc1nccn1[C@H](C)CC(=O)NCCc1csc(-c2cccnc2)n1. The number of hydrogen-bond acceptors (Lipinski definition) is 5. The molecular formula is C18H21N5OS. The lowest BCUT2D eigenvalue weighted by Gasteiger charge is -2.14. The highest BCUT2D eigenvalue weighted by Gasteiger charge is 2.12. The van der Waals surface area contributed by atoms with Crippen LogP contribution < -0.4 is 5.32 Å². The van der Waals surface area contributed by atoms with E-state index in [1.165, 1.54) is 0 Å². The van der Waals surface area contributed by atoms with Crippen molar-refractivity contribution < 1.29 is 4.79 Å². The van der Waals surface area contributed by atoms with Crippen molar-refractivity contribution in [1.29, 1.82) is 0 Å². The maximum Gasteiger partial charge on any atom is 0.222 e. The Morgan fingerprint density at radius 1 is 1.40 bits per heavy atom. The topological polar surface area (TPSA) is 72.7 Å².